The van der Waals surface area contributed by atoms with Crippen molar-refractivity contribution in [3.05, 3.63) is 30.0 Å². The van der Waals surface area contributed by atoms with Crippen LogP contribution in [0.15, 0.2) is 29.6 Å². The first-order chi connectivity index (χ1) is 14.6. The number of hydrogen-bond donors (Lipinski definition) is 6. The van der Waals surface area contributed by atoms with Gasteiger partial charge in [0.2, 0.25) is 0 Å². The van der Waals surface area contributed by atoms with Crippen LogP contribution in [0.5, 0.6) is 5.75 Å². The number of methoxy groups -OCH3 is 1. The highest BCUT2D eigenvalue weighted by Crippen LogP contribution is 2.33. The minimum absolute atomic E-state index is 0.0322. The lowest BCUT2D eigenvalue weighted by Crippen LogP contribution is -2.57. The molecular formula is C17H22N2O10S2. The molecule has 2 aromatic rings. The van der Waals surface area contributed by atoms with Crippen LogP contribution in [0.1, 0.15) is 5.56 Å². The maximum Gasteiger partial charge on any atom is 0.466 e. The molecule has 172 valence electrons. The molecular weight excluding hydrogens is 456 g/mol. The third kappa shape index (κ3) is 5.48. The van der Waals surface area contributed by atoms with Crippen molar-refractivity contribution < 1.29 is 47.2 Å². The summed E-state index contributed by atoms with van der Waals surface area (Å²) in [5.41, 5.74) is 0.135. The van der Waals surface area contributed by atoms with Crippen LogP contribution in [0.4, 0.5) is 0 Å². The molecule has 6 N–H and O–H groups in total. The van der Waals surface area contributed by atoms with E-state index < -0.39 is 46.9 Å². The van der Waals surface area contributed by atoms with Gasteiger partial charge in [-0.2, -0.15) is 8.42 Å². The minimum atomic E-state index is -4.91. The number of thioether (sulfide) groups is 1. The number of oxime groups is 1. The topological polar surface area (TPSA) is 191 Å². The number of benzene rings is 1. The van der Waals surface area contributed by atoms with E-state index in [0.717, 1.165) is 5.52 Å². The fourth-order valence-electron chi connectivity index (χ4n) is 3.18. The SMILES string of the molecule is COc1cccc2[nH]cc(C/C(=N\OS(=O)(=O)O)S[C@@H]3O[C@@H](CO)[C@@H](O)[C@H](O)[C@@H]3O)c12. The van der Waals surface area contributed by atoms with E-state index >= 15 is 0 Å². The van der Waals surface area contributed by atoms with E-state index in [-0.39, 0.29) is 11.5 Å². The van der Waals surface area contributed by atoms with Gasteiger partial charge in [0, 0.05) is 23.5 Å². The van der Waals surface area contributed by atoms with Crippen molar-refractivity contribution in [3.63, 3.8) is 0 Å². The van der Waals surface area contributed by atoms with Crippen molar-refractivity contribution in [2.24, 2.45) is 5.16 Å². The van der Waals surface area contributed by atoms with E-state index in [4.69, 9.17) is 14.0 Å². The molecule has 0 spiro atoms. The third-order valence-electron chi connectivity index (χ3n) is 4.64. The number of aromatic amines is 1. The van der Waals surface area contributed by atoms with Gasteiger partial charge in [-0.25, -0.2) is 4.28 Å². The van der Waals surface area contributed by atoms with Crippen molar-refractivity contribution in [3.8, 4) is 5.75 Å². The molecule has 12 nitrogen and oxygen atoms in total. The average Bonchev–Trinajstić information content (AvgIpc) is 3.14. The molecule has 1 aliphatic rings. The van der Waals surface area contributed by atoms with Gasteiger partial charge in [-0.3, -0.25) is 4.55 Å². The predicted molar refractivity (Wildman–Crippen MR) is 110 cm³/mol. The van der Waals surface area contributed by atoms with Crippen LogP contribution in [0.2, 0.25) is 0 Å². The van der Waals surface area contributed by atoms with Crippen molar-refractivity contribution >= 4 is 38.1 Å². The van der Waals surface area contributed by atoms with Crippen LogP contribution in [0.3, 0.4) is 0 Å². The number of aliphatic hydroxyl groups is 4. The molecule has 1 saturated heterocycles. The predicted octanol–water partition coefficient (Wildman–Crippen LogP) is -0.615. The average molecular weight is 479 g/mol. The quantitative estimate of drug-likeness (QED) is 0.129. The molecule has 1 aliphatic heterocycles. The lowest BCUT2D eigenvalue weighted by atomic mass is 10.0. The van der Waals surface area contributed by atoms with E-state index in [2.05, 4.69) is 14.4 Å². The fourth-order valence-corrected chi connectivity index (χ4v) is 4.49. The molecule has 3 rings (SSSR count). The van der Waals surface area contributed by atoms with Gasteiger partial charge in [0.05, 0.1) is 13.7 Å². The molecule has 1 aromatic carbocycles. The summed E-state index contributed by atoms with van der Waals surface area (Å²) in [6, 6.07) is 5.31. The summed E-state index contributed by atoms with van der Waals surface area (Å²) in [5, 5.41) is 43.6. The number of H-pyrrole nitrogens is 1. The molecule has 5 atom stereocenters. The van der Waals surface area contributed by atoms with Crippen LogP contribution in [-0.2, 0) is 25.8 Å². The number of hydrogen-bond acceptors (Lipinski definition) is 11. The Morgan fingerprint density at radius 1 is 1.26 bits per heavy atom. The van der Waals surface area contributed by atoms with E-state index in [1.165, 1.54) is 7.11 Å². The molecule has 31 heavy (non-hydrogen) atoms. The second kappa shape index (κ2) is 9.70. The molecule has 14 heteroatoms. The largest absolute Gasteiger partial charge is 0.496 e. The highest BCUT2D eigenvalue weighted by Gasteiger charge is 2.44. The molecule has 1 aromatic heterocycles. The Morgan fingerprint density at radius 3 is 2.65 bits per heavy atom. The monoisotopic (exact) mass is 478 g/mol. The van der Waals surface area contributed by atoms with Crippen LogP contribution in [0.25, 0.3) is 10.9 Å². The number of rotatable bonds is 7. The number of ether oxygens (including phenoxy) is 2. The Labute approximate surface area is 181 Å². The first-order valence-electron chi connectivity index (χ1n) is 8.97. The Bertz CT molecular complexity index is 1040. The Balaban J connectivity index is 1.91. The molecule has 1 fully saturated rings. The summed E-state index contributed by atoms with van der Waals surface area (Å²) in [6.45, 7) is -0.629. The second-order valence-electron chi connectivity index (χ2n) is 6.68. The standard InChI is InChI=1S/C17H22N2O10S2/c1-27-10-4-2-3-9-13(10)8(6-18-9)5-12(19-29-31(24,25)26)30-17-16(23)15(22)14(21)11(7-20)28-17/h2-4,6,11,14-18,20-23H,5,7H2,1H3,(H,24,25,26)/b19-12+/t11-,14+,15-,16-,17-/m0/s1. The number of nitrogens with zero attached hydrogens (tertiary/aromatic N) is 1. The Hall–Kier alpha value is -1.91. The van der Waals surface area contributed by atoms with Gasteiger partial charge in [-0.1, -0.05) is 23.0 Å². The molecule has 0 radical (unpaired) electrons. The van der Waals surface area contributed by atoms with E-state index in [1.54, 1.807) is 24.4 Å². The van der Waals surface area contributed by atoms with Gasteiger partial charge in [0.15, 0.2) is 0 Å². The van der Waals surface area contributed by atoms with Gasteiger partial charge >= 0.3 is 10.4 Å². The number of aliphatic hydroxyl groups excluding tert-OH is 4. The summed E-state index contributed by atoms with van der Waals surface area (Å²) in [7, 11) is -3.42. The molecule has 0 unspecified atom stereocenters. The van der Waals surface area contributed by atoms with E-state index in [0.29, 0.717) is 28.5 Å². The first kappa shape index (κ1) is 23.7. The van der Waals surface area contributed by atoms with Gasteiger partial charge in [0.1, 0.15) is 40.6 Å². The molecule has 0 saturated carbocycles. The Morgan fingerprint density at radius 2 is 2.00 bits per heavy atom. The third-order valence-corrected chi connectivity index (χ3v) is 6.02. The number of aromatic nitrogens is 1. The minimum Gasteiger partial charge on any atom is -0.496 e. The molecule has 2 heterocycles. The smallest absolute Gasteiger partial charge is 0.466 e. The zero-order valence-corrected chi connectivity index (χ0v) is 17.8. The summed E-state index contributed by atoms with van der Waals surface area (Å²) in [4.78, 5) is 3.04. The van der Waals surface area contributed by atoms with Gasteiger partial charge in [0.25, 0.3) is 0 Å². The normalized spacial score (nSPS) is 27.4. The zero-order valence-electron chi connectivity index (χ0n) is 16.2. The summed E-state index contributed by atoms with van der Waals surface area (Å²) >= 11 is 0.700. The molecule has 0 amide bonds. The van der Waals surface area contributed by atoms with Crippen molar-refractivity contribution in [2.45, 2.75) is 36.3 Å². The fraction of sp³-hybridized carbons (Fsp3) is 0.471. The maximum atomic E-state index is 11.0. The number of fused-ring (bicyclic) bond motifs is 1. The number of nitrogens with one attached hydrogen (secondary N) is 1. The lowest BCUT2D eigenvalue weighted by molar-refractivity contribution is -0.205. The van der Waals surface area contributed by atoms with Crippen molar-refractivity contribution in [1.29, 1.82) is 0 Å². The highest BCUT2D eigenvalue weighted by atomic mass is 32.3. The summed E-state index contributed by atoms with van der Waals surface area (Å²) in [5.74, 6) is 0.543. The first-order valence-corrected chi connectivity index (χ1v) is 11.2. The summed E-state index contributed by atoms with van der Waals surface area (Å²) < 4.78 is 45.8. The van der Waals surface area contributed by atoms with Crippen LogP contribution >= 0.6 is 11.8 Å². The second-order valence-corrected chi connectivity index (χ2v) is 8.85. The zero-order chi connectivity index (χ0) is 22.8. The van der Waals surface area contributed by atoms with Gasteiger partial charge in [-0.15, -0.1) is 0 Å². The van der Waals surface area contributed by atoms with Crippen LogP contribution < -0.4 is 4.74 Å². The maximum absolute atomic E-state index is 11.0. The van der Waals surface area contributed by atoms with Crippen LogP contribution in [0, 0.1) is 0 Å². The summed E-state index contributed by atoms with van der Waals surface area (Å²) in [6.07, 6.45) is -4.31. The van der Waals surface area contributed by atoms with Gasteiger partial charge < -0.3 is 34.9 Å². The van der Waals surface area contributed by atoms with Crippen molar-refractivity contribution in [1.82, 2.24) is 4.98 Å². The van der Waals surface area contributed by atoms with Gasteiger partial charge in [-0.05, 0) is 17.7 Å². The van der Waals surface area contributed by atoms with E-state index in [9.17, 15) is 28.8 Å². The highest BCUT2D eigenvalue weighted by molar-refractivity contribution is 8.14. The molecule has 0 aliphatic carbocycles. The Kier molecular flexibility index (Phi) is 7.43. The lowest BCUT2D eigenvalue weighted by Gasteiger charge is -2.39. The van der Waals surface area contributed by atoms with Crippen molar-refractivity contribution in [2.75, 3.05) is 13.7 Å². The van der Waals surface area contributed by atoms with E-state index in [1.807, 2.05) is 0 Å². The van der Waals surface area contributed by atoms with Crippen LogP contribution in [-0.4, -0.2) is 87.0 Å². The molecule has 0 bridgehead atoms.